The maximum atomic E-state index is 13.5. The molecule has 0 unspecified atom stereocenters. The average Bonchev–Trinajstić information content (AvgIpc) is 3.04. The Morgan fingerprint density at radius 1 is 0.891 bits per heavy atom. The Hall–Kier alpha value is -4.77. The summed E-state index contributed by atoms with van der Waals surface area (Å²) in [4.78, 5) is 42.5. The van der Waals surface area contributed by atoms with E-state index in [0.29, 0.717) is 49.0 Å². The molecule has 1 heterocycles. The molecule has 46 heavy (non-hydrogen) atoms. The zero-order valence-corrected chi connectivity index (χ0v) is 27.1. The molecule has 3 aromatic rings. The Morgan fingerprint density at radius 2 is 1.57 bits per heavy atom. The van der Waals surface area contributed by atoms with Crippen molar-refractivity contribution in [2.24, 2.45) is 0 Å². The number of nitrogens with one attached hydrogen (secondary N) is 1. The molecule has 0 aliphatic carbocycles. The Bertz CT molecular complexity index is 1470. The molecular weight excluding hydrogens is 590 g/mol. The maximum absolute atomic E-state index is 13.5. The second-order valence-electron chi connectivity index (χ2n) is 11.7. The van der Waals surface area contributed by atoms with Crippen molar-refractivity contribution in [2.45, 2.75) is 45.4 Å². The van der Waals surface area contributed by atoms with E-state index in [1.165, 1.54) is 12.0 Å². The number of carbonyl (C=O) groups excluding carboxylic acids is 3. The minimum Gasteiger partial charge on any atom is -0.496 e. The number of amides is 3. The standard InChI is InChI=1S/C35H43N3O8/c1-35(2,3)46-34(41)37-22-27(21-36-33(40)29-12-7-9-14-31(29)43-5)38(32(39)23-37)26-15-17-28(18-16-26)45-20-10-19-44-24-25-11-6-8-13-30(25)42-4/h6-9,11-18,27H,10,19-24H2,1-5H3,(H,36,40)/t27-/m0/s1. The molecule has 246 valence electrons. The first-order valence-electron chi connectivity index (χ1n) is 15.2. The van der Waals surface area contributed by atoms with Crippen molar-refractivity contribution in [3.8, 4) is 17.2 Å². The van der Waals surface area contributed by atoms with Crippen LogP contribution < -0.4 is 24.4 Å². The van der Waals surface area contributed by atoms with Crippen molar-refractivity contribution in [2.75, 3.05) is 52.0 Å². The monoisotopic (exact) mass is 633 g/mol. The first-order chi connectivity index (χ1) is 22.1. The molecule has 1 N–H and O–H groups in total. The van der Waals surface area contributed by atoms with Crippen LogP contribution in [0.25, 0.3) is 0 Å². The fraction of sp³-hybridized carbons (Fsp3) is 0.400. The van der Waals surface area contributed by atoms with Crippen molar-refractivity contribution in [1.29, 1.82) is 0 Å². The lowest BCUT2D eigenvalue weighted by atomic mass is 10.1. The highest BCUT2D eigenvalue weighted by atomic mass is 16.6. The Balaban J connectivity index is 1.38. The lowest BCUT2D eigenvalue weighted by Crippen LogP contribution is -2.61. The van der Waals surface area contributed by atoms with Gasteiger partial charge >= 0.3 is 6.09 Å². The largest absolute Gasteiger partial charge is 0.496 e. The van der Waals surface area contributed by atoms with Gasteiger partial charge in [-0.15, -0.1) is 0 Å². The summed E-state index contributed by atoms with van der Waals surface area (Å²) < 4.78 is 27.9. The van der Waals surface area contributed by atoms with Crippen LogP contribution in [-0.2, 0) is 20.9 Å². The number of piperazine rings is 1. The highest BCUT2D eigenvalue weighted by Crippen LogP contribution is 2.26. The van der Waals surface area contributed by atoms with Gasteiger partial charge in [0.2, 0.25) is 5.91 Å². The predicted molar refractivity (Wildman–Crippen MR) is 174 cm³/mol. The average molecular weight is 634 g/mol. The van der Waals surface area contributed by atoms with Gasteiger partial charge in [0.05, 0.1) is 45.6 Å². The molecule has 1 atom stereocenters. The molecule has 1 fully saturated rings. The minimum atomic E-state index is -0.720. The minimum absolute atomic E-state index is 0.0923. The highest BCUT2D eigenvalue weighted by molar-refractivity contribution is 5.99. The molecule has 0 radical (unpaired) electrons. The third-order valence-corrected chi connectivity index (χ3v) is 7.16. The molecule has 1 saturated heterocycles. The molecule has 11 nitrogen and oxygen atoms in total. The molecule has 1 aliphatic rings. The van der Waals surface area contributed by atoms with E-state index in [1.807, 2.05) is 24.3 Å². The number of benzene rings is 3. The fourth-order valence-corrected chi connectivity index (χ4v) is 5.02. The lowest BCUT2D eigenvalue weighted by molar-refractivity contribution is -0.122. The molecular formula is C35H43N3O8. The maximum Gasteiger partial charge on any atom is 0.410 e. The number of hydrogen-bond donors (Lipinski definition) is 1. The second kappa shape index (κ2) is 16.0. The van der Waals surface area contributed by atoms with Gasteiger partial charge in [-0.1, -0.05) is 30.3 Å². The SMILES string of the molecule is COc1ccccc1COCCCOc1ccc(N2C(=O)CN(C(=O)OC(C)(C)C)C[C@@H]2CNC(=O)c2ccccc2OC)cc1. The molecule has 3 amide bonds. The van der Waals surface area contributed by atoms with E-state index in [-0.39, 0.29) is 31.4 Å². The van der Waals surface area contributed by atoms with Gasteiger partial charge in [0, 0.05) is 30.8 Å². The second-order valence-corrected chi connectivity index (χ2v) is 11.7. The van der Waals surface area contributed by atoms with Gasteiger partial charge in [-0.05, 0) is 63.2 Å². The van der Waals surface area contributed by atoms with E-state index in [1.54, 1.807) is 81.3 Å². The zero-order valence-electron chi connectivity index (χ0n) is 27.1. The number of hydrogen-bond acceptors (Lipinski definition) is 8. The van der Waals surface area contributed by atoms with Gasteiger partial charge in [-0.2, -0.15) is 0 Å². The molecule has 11 heteroatoms. The van der Waals surface area contributed by atoms with Crippen LogP contribution in [0, 0.1) is 0 Å². The number of methoxy groups -OCH3 is 2. The predicted octanol–water partition coefficient (Wildman–Crippen LogP) is 5.07. The van der Waals surface area contributed by atoms with Crippen LogP contribution in [0.2, 0.25) is 0 Å². The summed E-state index contributed by atoms with van der Waals surface area (Å²) >= 11 is 0. The summed E-state index contributed by atoms with van der Waals surface area (Å²) in [5.74, 6) is 1.23. The number of rotatable bonds is 13. The van der Waals surface area contributed by atoms with Crippen LogP contribution in [-0.4, -0.2) is 81.5 Å². The number of para-hydroxylation sites is 2. The zero-order chi connectivity index (χ0) is 33.1. The van der Waals surface area contributed by atoms with E-state index in [2.05, 4.69) is 5.32 Å². The smallest absolute Gasteiger partial charge is 0.410 e. The van der Waals surface area contributed by atoms with Crippen molar-refractivity contribution in [1.82, 2.24) is 10.2 Å². The Morgan fingerprint density at radius 3 is 2.26 bits per heavy atom. The van der Waals surface area contributed by atoms with Crippen molar-refractivity contribution < 1.29 is 38.1 Å². The van der Waals surface area contributed by atoms with E-state index >= 15 is 0 Å². The molecule has 0 bridgehead atoms. The highest BCUT2D eigenvalue weighted by Gasteiger charge is 2.37. The summed E-state index contributed by atoms with van der Waals surface area (Å²) in [6.45, 7) is 6.85. The van der Waals surface area contributed by atoms with Gasteiger partial charge in [-0.3, -0.25) is 14.5 Å². The third-order valence-electron chi connectivity index (χ3n) is 7.16. The summed E-state index contributed by atoms with van der Waals surface area (Å²) in [6.07, 6.45) is 0.105. The topological polar surface area (TPSA) is 116 Å². The van der Waals surface area contributed by atoms with Crippen molar-refractivity contribution in [3.63, 3.8) is 0 Å². The van der Waals surface area contributed by atoms with Gasteiger partial charge in [0.15, 0.2) is 0 Å². The summed E-state index contributed by atoms with van der Waals surface area (Å²) in [5, 5.41) is 2.91. The number of nitrogens with zero attached hydrogens (tertiary/aromatic N) is 2. The van der Waals surface area contributed by atoms with Crippen LogP contribution in [0.4, 0.5) is 10.5 Å². The third kappa shape index (κ3) is 9.37. The van der Waals surface area contributed by atoms with Gasteiger partial charge in [0.1, 0.15) is 29.4 Å². The molecule has 4 rings (SSSR count). The van der Waals surface area contributed by atoms with Crippen molar-refractivity contribution >= 4 is 23.6 Å². The van der Waals surface area contributed by atoms with Crippen molar-refractivity contribution in [3.05, 3.63) is 83.9 Å². The summed E-state index contributed by atoms with van der Waals surface area (Å²) in [5.41, 5.74) is 1.26. The number of anilines is 1. The van der Waals surface area contributed by atoms with E-state index in [9.17, 15) is 14.4 Å². The molecule has 0 spiro atoms. The van der Waals surface area contributed by atoms with Crippen LogP contribution >= 0.6 is 0 Å². The van der Waals surface area contributed by atoms with E-state index in [4.69, 9.17) is 23.7 Å². The summed E-state index contributed by atoms with van der Waals surface area (Å²) in [7, 11) is 3.14. The first kappa shape index (κ1) is 34.1. The van der Waals surface area contributed by atoms with Gasteiger partial charge in [-0.25, -0.2) is 4.79 Å². The van der Waals surface area contributed by atoms with E-state index in [0.717, 1.165) is 11.3 Å². The summed E-state index contributed by atoms with van der Waals surface area (Å²) in [6, 6.07) is 21.3. The van der Waals surface area contributed by atoms with Gasteiger partial charge in [0.25, 0.3) is 5.91 Å². The number of ether oxygens (including phenoxy) is 5. The fourth-order valence-electron chi connectivity index (χ4n) is 5.02. The quantitative estimate of drug-likeness (QED) is 0.260. The van der Waals surface area contributed by atoms with Crippen LogP contribution in [0.5, 0.6) is 17.2 Å². The molecule has 0 saturated carbocycles. The molecule has 0 aromatic heterocycles. The lowest BCUT2D eigenvalue weighted by Gasteiger charge is -2.41. The normalized spacial score (nSPS) is 14.9. The molecule has 1 aliphatic heterocycles. The van der Waals surface area contributed by atoms with Crippen LogP contribution in [0.3, 0.4) is 0 Å². The van der Waals surface area contributed by atoms with Gasteiger partial charge < -0.3 is 33.9 Å². The Labute approximate surface area is 270 Å². The van der Waals surface area contributed by atoms with Crippen LogP contribution in [0.1, 0.15) is 43.1 Å². The number of carbonyl (C=O) groups is 3. The first-order valence-corrected chi connectivity index (χ1v) is 15.2. The Kier molecular flexibility index (Phi) is 11.9. The van der Waals surface area contributed by atoms with E-state index < -0.39 is 17.7 Å². The molecule has 3 aromatic carbocycles. The van der Waals surface area contributed by atoms with Crippen LogP contribution in [0.15, 0.2) is 72.8 Å².